The minimum atomic E-state index is -0.435. The summed E-state index contributed by atoms with van der Waals surface area (Å²) < 4.78 is 1.56. The van der Waals surface area contributed by atoms with E-state index in [0.29, 0.717) is 22.9 Å². The van der Waals surface area contributed by atoms with Gasteiger partial charge < -0.3 is 5.32 Å². The highest BCUT2D eigenvalue weighted by Crippen LogP contribution is 2.22. The van der Waals surface area contributed by atoms with Crippen LogP contribution in [-0.4, -0.2) is 14.3 Å². The molecule has 0 aliphatic heterocycles. The molecule has 0 radical (unpaired) electrons. The molecule has 7 nitrogen and oxygen atoms in total. The van der Waals surface area contributed by atoms with Crippen molar-refractivity contribution in [3.63, 3.8) is 0 Å². The third-order valence-corrected chi connectivity index (χ3v) is 4.46. The van der Waals surface area contributed by atoms with Crippen molar-refractivity contribution >= 4 is 27.7 Å². The topological polar surface area (TPSA) is 89.5 Å². The number of benzene rings is 1. The summed E-state index contributed by atoms with van der Waals surface area (Å²) in [5.74, 6) is 0. The Morgan fingerprint density at radius 1 is 1.35 bits per heavy atom. The Hall–Kier alpha value is -2.74. The van der Waals surface area contributed by atoms with E-state index in [1.54, 1.807) is 10.5 Å². The largest absolute Gasteiger partial charge is 0.379 e. The summed E-state index contributed by atoms with van der Waals surface area (Å²) in [6, 6.07) is 6.11. The van der Waals surface area contributed by atoms with Gasteiger partial charge in [-0.25, -0.2) is 4.98 Å². The summed E-state index contributed by atoms with van der Waals surface area (Å²) in [5, 5.41) is 15.8. The Kier molecular flexibility index (Phi) is 3.83. The minimum Gasteiger partial charge on any atom is -0.379 e. The molecule has 0 amide bonds. The second-order valence-electron chi connectivity index (χ2n) is 5.19. The van der Waals surface area contributed by atoms with Crippen LogP contribution in [0.25, 0.3) is 4.96 Å². The number of nitro benzene ring substituents is 1. The molecule has 0 aliphatic carbocycles. The molecule has 23 heavy (non-hydrogen) atoms. The first-order valence-electron chi connectivity index (χ1n) is 6.91. The van der Waals surface area contributed by atoms with E-state index in [2.05, 4.69) is 10.3 Å². The van der Waals surface area contributed by atoms with E-state index in [1.165, 1.54) is 29.5 Å². The van der Waals surface area contributed by atoms with Crippen LogP contribution in [0, 0.1) is 24.0 Å². The number of aryl methyl sites for hydroxylation is 2. The maximum Gasteiger partial charge on any atom is 0.271 e. The molecule has 2 heterocycles. The lowest BCUT2D eigenvalue weighted by atomic mass is 10.2. The third-order valence-electron chi connectivity index (χ3n) is 3.52. The summed E-state index contributed by atoms with van der Waals surface area (Å²) in [4.78, 5) is 27.6. The van der Waals surface area contributed by atoms with Crippen LogP contribution in [0.3, 0.4) is 0 Å². The van der Waals surface area contributed by atoms with Crippen LogP contribution in [0.4, 0.5) is 11.4 Å². The molecular weight excluding hydrogens is 316 g/mol. The van der Waals surface area contributed by atoms with Gasteiger partial charge in [-0.3, -0.25) is 19.3 Å². The highest BCUT2D eigenvalue weighted by molar-refractivity contribution is 7.15. The Labute approximate surface area is 135 Å². The zero-order valence-electron chi connectivity index (χ0n) is 12.6. The van der Waals surface area contributed by atoms with Crippen molar-refractivity contribution in [1.29, 1.82) is 0 Å². The van der Waals surface area contributed by atoms with E-state index >= 15 is 0 Å². The standard InChI is InChI=1S/C15H14N4O3S/c1-9-3-4-12(19(21)22)6-13(9)16-7-11-5-14(20)18-10(2)8-23-15(18)17-11/h3-6,8,16H,7H2,1-2H3. The number of thiazole rings is 1. The summed E-state index contributed by atoms with van der Waals surface area (Å²) >= 11 is 1.41. The fraction of sp³-hybridized carbons (Fsp3) is 0.200. The molecule has 0 atom stereocenters. The Morgan fingerprint density at radius 2 is 2.13 bits per heavy atom. The molecule has 3 aromatic rings. The molecular formula is C15H14N4O3S. The van der Waals surface area contributed by atoms with Gasteiger partial charge in [0.05, 0.1) is 17.2 Å². The number of rotatable bonds is 4. The van der Waals surface area contributed by atoms with Crippen molar-refractivity contribution in [2.75, 3.05) is 5.32 Å². The van der Waals surface area contributed by atoms with Gasteiger partial charge >= 0.3 is 0 Å². The lowest BCUT2D eigenvalue weighted by molar-refractivity contribution is -0.384. The Balaban J connectivity index is 1.88. The van der Waals surface area contributed by atoms with E-state index in [4.69, 9.17) is 0 Å². The number of nitrogens with zero attached hydrogens (tertiary/aromatic N) is 3. The Morgan fingerprint density at radius 3 is 2.87 bits per heavy atom. The van der Waals surface area contributed by atoms with Crippen LogP contribution in [0.2, 0.25) is 0 Å². The molecule has 0 unspecified atom stereocenters. The van der Waals surface area contributed by atoms with E-state index < -0.39 is 4.92 Å². The highest BCUT2D eigenvalue weighted by atomic mass is 32.1. The van der Waals surface area contributed by atoms with Gasteiger partial charge in [0.1, 0.15) is 0 Å². The summed E-state index contributed by atoms with van der Waals surface area (Å²) in [7, 11) is 0. The molecule has 1 N–H and O–H groups in total. The van der Waals surface area contributed by atoms with E-state index in [1.807, 2.05) is 19.2 Å². The number of non-ortho nitro benzene ring substituents is 1. The van der Waals surface area contributed by atoms with Crippen LogP contribution in [0.15, 0.2) is 34.4 Å². The normalized spacial score (nSPS) is 10.9. The molecule has 118 valence electrons. The summed E-state index contributed by atoms with van der Waals surface area (Å²) in [5.41, 5.74) is 2.90. The van der Waals surface area contributed by atoms with E-state index in [0.717, 1.165) is 11.3 Å². The number of anilines is 1. The van der Waals surface area contributed by atoms with Gasteiger partial charge in [-0.1, -0.05) is 6.07 Å². The second kappa shape index (κ2) is 5.81. The van der Waals surface area contributed by atoms with Gasteiger partial charge in [-0.05, 0) is 19.4 Å². The predicted octanol–water partition coefficient (Wildman–Crippen LogP) is 2.89. The number of fused-ring (bicyclic) bond motifs is 1. The molecule has 8 heteroatoms. The zero-order chi connectivity index (χ0) is 16.6. The first-order chi connectivity index (χ1) is 11.0. The molecule has 0 saturated heterocycles. The minimum absolute atomic E-state index is 0.0236. The number of nitrogens with one attached hydrogen (secondary N) is 1. The van der Waals surface area contributed by atoms with Gasteiger partial charge in [0, 0.05) is 35.0 Å². The van der Waals surface area contributed by atoms with Gasteiger partial charge in [-0.2, -0.15) is 0 Å². The quantitative estimate of drug-likeness (QED) is 0.587. The predicted molar refractivity (Wildman–Crippen MR) is 89.2 cm³/mol. The van der Waals surface area contributed by atoms with Crippen LogP contribution in [0.1, 0.15) is 17.0 Å². The lowest BCUT2D eigenvalue weighted by Crippen LogP contribution is -2.16. The second-order valence-corrected chi connectivity index (χ2v) is 6.03. The number of hydrogen-bond donors (Lipinski definition) is 1. The fourth-order valence-corrected chi connectivity index (χ4v) is 3.18. The first-order valence-corrected chi connectivity index (χ1v) is 7.79. The van der Waals surface area contributed by atoms with Crippen molar-refractivity contribution in [1.82, 2.24) is 9.38 Å². The van der Waals surface area contributed by atoms with Crippen molar-refractivity contribution in [3.8, 4) is 0 Å². The molecule has 0 spiro atoms. The Bertz CT molecular complexity index is 961. The van der Waals surface area contributed by atoms with E-state index in [9.17, 15) is 14.9 Å². The molecule has 0 bridgehead atoms. The van der Waals surface area contributed by atoms with Gasteiger partial charge in [0.15, 0.2) is 4.96 Å². The van der Waals surface area contributed by atoms with Crippen molar-refractivity contribution in [2.45, 2.75) is 20.4 Å². The van der Waals surface area contributed by atoms with Crippen molar-refractivity contribution in [3.05, 3.63) is 67.1 Å². The van der Waals surface area contributed by atoms with Crippen LogP contribution in [0.5, 0.6) is 0 Å². The van der Waals surface area contributed by atoms with Crippen LogP contribution < -0.4 is 10.9 Å². The average Bonchev–Trinajstić information content (AvgIpc) is 2.88. The maximum absolute atomic E-state index is 12.1. The smallest absolute Gasteiger partial charge is 0.271 e. The number of hydrogen-bond acceptors (Lipinski definition) is 6. The highest BCUT2D eigenvalue weighted by Gasteiger charge is 2.10. The molecule has 0 fully saturated rings. The fourth-order valence-electron chi connectivity index (χ4n) is 2.29. The van der Waals surface area contributed by atoms with Gasteiger partial charge in [-0.15, -0.1) is 11.3 Å². The zero-order valence-corrected chi connectivity index (χ0v) is 13.4. The maximum atomic E-state index is 12.1. The van der Waals surface area contributed by atoms with Crippen LogP contribution >= 0.6 is 11.3 Å². The molecule has 1 aromatic carbocycles. The molecule has 3 rings (SSSR count). The summed E-state index contributed by atoms with van der Waals surface area (Å²) in [6.45, 7) is 4.04. The third kappa shape index (κ3) is 2.93. The monoisotopic (exact) mass is 330 g/mol. The van der Waals surface area contributed by atoms with Crippen molar-refractivity contribution in [2.24, 2.45) is 0 Å². The SMILES string of the molecule is Cc1ccc([N+](=O)[O-])cc1NCc1cc(=O)n2c(C)csc2n1. The van der Waals surface area contributed by atoms with Crippen molar-refractivity contribution < 1.29 is 4.92 Å². The molecule has 2 aromatic heterocycles. The average molecular weight is 330 g/mol. The molecule has 0 saturated carbocycles. The number of nitro groups is 1. The van der Waals surface area contributed by atoms with Gasteiger partial charge in [0.25, 0.3) is 11.2 Å². The number of aromatic nitrogens is 2. The lowest BCUT2D eigenvalue weighted by Gasteiger charge is -2.09. The van der Waals surface area contributed by atoms with Gasteiger partial charge in [0.2, 0.25) is 0 Å². The van der Waals surface area contributed by atoms with E-state index in [-0.39, 0.29) is 11.2 Å². The first kappa shape index (κ1) is 15.2. The molecule has 0 aliphatic rings. The summed E-state index contributed by atoms with van der Waals surface area (Å²) in [6.07, 6.45) is 0. The van der Waals surface area contributed by atoms with Crippen LogP contribution in [-0.2, 0) is 6.54 Å².